The van der Waals surface area contributed by atoms with Crippen molar-refractivity contribution in [1.82, 2.24) is 0 Å². The predicted molar refractivity (Wildman–Crippen MR) is 65.0 cm³/mol. The molecule has 2 saturated heterocycles. The molecule has 2 saturated carbocycles. The van der Waals surface area contributed by atoms with Crippen LogP contribution in [-0.4, -0.2) is 30.3 Å². The monoisotopic (exact) mass is 261 g/mol. The van der Waals surface area contributed by atoms with Crippen LogP contribution in [0.25, 0.3) is 0 Å². The SMILES string of the molecule is CCOC(=O)C12CC(CN)(C1)OC21CCC1.Cl. The van der Waals surface area contributed by atoms with E-state index in [0.29, 0.717) is 13.2 Å². The molecule has 5 heteroatoms. The first kappa shape index (κ1) is 13.1. The third kappa shape index (κ3) is 1.35. The zero-order valence-corrected chi connectivity index (χ0v) is 11.0. The van der Waals surface area contributed by atoms with Gasteiger partial charge < -0.3 is 15.2 Å². The van der Waals surface area contributed by atoms with E-state index in [2.05, 4.69) is 0 Å². The lowest BCUT2D eigenvalue weighted by Gasteiger charge is -2.48. The smallest absolute Gasteiger partial charge is 0.315 e. The minimum atomic E-state index is -0.360. The maximum atomic E-state index is 12.1. The standard InChI is InChI=1S/C12H19NO3.ClH/c1-2-15-9(14)11-6-10(7-11,8-13)16-12(11)4-3-5-12;/h2-8,13H2,1H3;1H. The summed E-state index contributed by atoms with van der Waals surface area (Å²) >= 11 is 0. The van der Waals surface area contributed by atoms with Crippen LogP contribution in [0.2, 0.25) is 0 Å². The highest BCUT2D eigenvalue weighted by Crippen LogP contribution is 2.72. The van der Waals surface area contributed by atoms with E-state index in [4.69, 9.17) is 15.2 Å². The molecule has 0 aromatic rings. The Morgan fingerprint density at radius 2 is 2.06 bits per heavy atom. The van der Waals surface area contributed by atoms with Gasteiger partial charge >= 0.3 is 5.97 Å². The minimum absolute atomic E-state index is 0. The summed E-state index contributed by atoms with van der Waals surface area (Å²) in [6.45, 7) is 2.83. The molecule has 4 aliphatic rings. The fourth-order valence-corrected chi connectivity index (χ4v) is 3.82. The maximum Gasteiger partial charge on any atom is 0.315 e. The van der Waals surface area contributed by atoms with Gasteiger partial charge in [-0.3, -0.25) is 4.79 Å². The minimum Gasteiger partial charge on any atom is -0.465 e. The normalized spacial score (nSPS) is 40.1. The van der Waals surface area contributed by atoms with Gasteiger partial charge in [0.05, 0.1) is 17.8 Å². The summed E-state index contributed by atoms with van der Waals surface area (Å²) in [4.78, 5) is 12.1. The number of hydrogen-bond acceptors (Lipinski definition) is 4. The predicted octanol–water partition coefficient (Wildman–Crippen LogP) is 1.40. The fraction of sp³-hybridized carbons (Fsp3) is 0.917. The Kier molecular flexibility index (Phi) is 2.96. The highest BCUT2D eigenvalue weighted by Gasteiger charge is 2.79. The van der Waals surface area contributed by atoms with E-state index in [9.17, 15) is 4.79 Å². The molecule has 0 amide bonds. The Morgan fingerprint density at radius 3 is 2.47 bits per heavy atom. The molecule has 2 N–H and O–H groups in total. The largest absolute Gasteiger partial charge is 0.465 e. The van der Waals surface area contributed by atoms with Crippen LogP contribution < -0.4 is 5.73 Å². The first-order valence-electron chi connectivity index (χ1n) is 6.20. The molecule has 17 heavy (non-hydrogen) atoms. The second kappa shape index (κ2) is 3.84. The summed E-state index contributed by atoms with van der Waals surface area (Å²) in [5.41, 5.74) is 4.96. The summed E-state index contributed by atoms with van der Waals surface area (Å²) in [5.74, 6) is -0.0590. The number of esters is 1. The fourth-order valence-electron chi connectivity index (χ4n) is 3.82. The molecule has 2 aliphatic heterocycles. The Labute approximate surface area is 108 Å². The van der Waals surface area contributed by atoms with Crippen molar-refractivity contribution in [2.75, 3.05) is 13.2 Å². The van der Waals surface area contributed by atoms with E-state index >= 15 is 0 Å². The van der Waals surface area contributed by atoms with Gasteiger partial charge in [-0.2, -0.15) is 0 Å². The third-order valence-electron chi connectivity index (χ3n) is 4.73. The summed E-state index contributed by atoms with van der Waals surface area (Å²) in [7, 11) is 0. The van der Waals surface area contributed by atoms with E-state index in [0.717, 1.165) is 32.1 Å². The van der Waals surface area contributed by atoms with Gasteiger partial charge in [-0.05, 0) is 39.0 Å². The molecular weight excluding hydrogens is 242 g/mol. The van der Waals surface area contributed by atoms with Gasteiger partial charge in [-0.15, -0.1) is 12.4 Å². The van der Waals surface area contributed by atoms with Gasteiger partial charge in [0.2, 0.25) is 0 Å². The molecule has 1 spiro atoms. The molecule has 98 valence electrons. The van der Waals surface area contributed by atoms with Crippen LogP contribution in [-0.2, 0) is 14.3 Å². The summed E-state index contributed by atoms with van der Waals surface area (Å²) in [5, 5.41) is 0. The van der Waals surface area contributed by atoms with Gasteiger partial charge in [0.1, 0.15) is 5.41 Å². The number of hydrogen-bond donors (Lipinski definition) is 1. The van der Waals surface area contributed by atoms with Crippen molar-refractivity contribution in [2.24, 2.45) is 11.1 Å². The van der Waals surface area contributed by atoms with Gasteiger partial charge in [0.15, 0.2) is 0 Å². The van der Waals surface area contributed by atoms with Crippen LogP contribution in [0.5, 0.6) is 0 Å². The highest BCUT2D eigenvalue weighted by molar-refractivity contribution is 5.85. The maximum absolute atomic E-state index is 12.1. The van der Waals surface area contributed by atoms with E-state index in [1.807, 2.05) is 6.92 Å². The van der Waals surface area contributed by atoms with Crippen molar-refractivity contribution >= 4 is 18.4 Å². The van der Waals surface area contributed by atoms with Crippen molar-refractivity contribution < 1.29 is 14.3 Å². The molecule has 2 heterocycles. The summed E-state index contributed by atoms with van der Waals surface area (Å²) in [6, 6.07) is 0. The Balaban J connectivity index is 0.00000108. The summed E-state index contributed by atoms with van der Waals surface area (Å²) < 4.78 is 11.4. The van der Waals surface area contributed by atoms with Crippen molar-refractivity contribution in [3.63, 3.8) is 0 Å². The highest BCUT2D eigenvalue weighted by atomic mass is 35.5. The lowest BCUT2D eigenvalue weighted by Crippen LogP contribution is -2.58. The second-order valence-corrected chi connectivity index (χ2v) is 5.49. The van der Waals surface area contributed by atoms with Crippen molar-refractivity contribution in [3.05, 3.63) is 0 Å². The van der Waals surface area contributed by atoms with Crippen LogP contribution in [0.3, 0.4) is 0 Å². The van der Waals surface area contributed by atoms with Crippen LogP contribution in [0.4, 0.5) is 0 Å². The molecular formula is C12H20ClNO3. The average Bonchev–Trinajstić information content (AvgIpc) is 2.63. The molecule has 4 nitrogen and oxygen atoms in total. The Hall–Kier alpha value is -0.320. The Bertz CT molecular complexity index is 335. The summed E-state index contributed by atoms with van der Waals surface area (Å²) in [6.07, 6.45) is 4.69. The van der Waals surface area contributed by atoms with Crippen molar-refractivity contribution in [3.8, 4) is 0 Å². The van der Waals surface area contributed by atoms with E-state index < -0.39 is 0 Å². The lowest BCUT2D eigenvalue weighted by molar-refractivity contribution is -0.170. The number of ether oxygens (including phenoxy) is 2. The number of rotatable bonds is 3. The zero-order valence-electron chi connectivity index (χ0n) is 10.2. The molecule has 0 unspecified atom stereocenters. The number of carbonyl (C=O) groups is 1. The molecule has 2 bridgehead atoms. The van der Waals surface area contributed by atoms with Gasteiger partial charge in [-0.1, -0.05) is 0 Å². The Morgan fingerprint density at radius 1 is 1.41 bits per heavy atom. The van der Waals surface area contributed by atoms with Crippen LogP contribution in [0.15, 0.2) is 0 Å². The van der Waals surface area contributed by atoms with E-state index in [-0.39, 0.29) is 35.0 Å². The molecule has 0 aromatic heterocycles. The number of carbonyl (C=O) groups excluding carboxylic acids is 1. The van der Waals surface area contributed by atoms with Crippen molar-refractivity contribution in [2.45, 2.75) is 50.2 Å². The first-order valence-corrected chi connectivity index (χ1v) is 6.20. The van der Waals surface area contributed by atoms with E-state index in [1.165, 1.54) is 0 Å². The quantitative estimate of drug-likeness (QED) is 0.780. The van der Waals surface area contributed by atoms with Gasteiger partial charge in [0, 0.05) is 6.54 Å². The van der Waals surface area contributed by atoms with Crippen LogP contribution in [0.1, 0.15) is 39.0 Å². The second-order valence-electron chi connectivity index (χ2n) is 5.49. The average molecular weight is 262 g/mol. The van der Waals surface area contributed by atoms with Crippen molar-refractivity contribution in [1.29, 1.82) is 0 Å². The molecule has 0 atom stereocenters. The molecule has 4 fully saturated rings. The van der Waals surface area contributed by atoms with Gasteiger partial charge in [-0.25, -0.2) is 0 Å². The zero-order chi connectivity index (χ0) is 11.4. The first-order chi connectivity index (χ1) is 7.62. The van der Waals surface area contributed by atoms with Crippen LogP contribution >= 0.6 is 12.4 Å². The number of halogens is 1. The topological polar surface area (TPSA) is 61.5 Å². The molecule has 2 aliphatic carbocycles. The number of nitrogens with two attached hydrogens (primary N) is 1. The lowest BCUT2D eigenvalue weighted by atomic mass is 9.51. The molecule has 4 rings (SSSR count). The van der Waals surface area contributed by atoms with Crippen LogP contribution in [0, 0.1) is 5.41 Å². The van der Waals surface area contributed by atoms with Gasteiger partial charge in [0.25, 0.3) is 0 Å². The molecule has 0 radical (unpaired) electrons. The molecule has 0 aromatic carbocycles. The van der Waals surface area contributed by atoms with E-state index in [1.54, 1.807) is 0 Å². The third-order valence-corrected chi connectivity index (χ3v) is 4.73.